The molecule has 0 radical (unpaired) electrons. The fraction of sp³-hybridized carbons (Fsp3) is 0.308. The summed E-state index contributed by atoms with van der Waals surface area (Å²) in [5.41, 5.74) is 0.970. The first-order chi connectivity index (χ1) is 8.06. The second kappa shape index (κ2) is 4.45. The molecule has 0 aliphatic carbocycles. The van der Waals surface area contributed by atoms with E-state index in [2.05, 4.69) is 4.98 Å². The Hall–Kier alpha value is -1.42. The Morgan fingerprint density at radius 2 is 2.06 bits per heavy atom. The molecule has 0 aliphatic heterocycles. The Morgan fingerprint density at radius 1 is 1.35 bits per heavy atom. The van der Waals surface area contributed by atoms with Crippen LogP contribution in [0.2, 0.25) is 0 Å². The van der Waals surface area contributed by atoms with Crippen molar-refractivity contribution in [3.05, 3.63) is 30.5 Å². The second-order valence-corrected chi connectivity index (χ2v) is 6.68. The van der Waals surface area contributed by atoms with E-state index in [0.29, 0.717) is 6.42 Å². The van der Waals surface area contributed by atoms with Crippen molar-refractivity contribution in [2.24, 2.45) is 0 Å². The van der Waals surface area contributed by atoms with E-state index >= 15 is 0 Å². The van der Waals surface area contributed by atoms with Gasteiger partial charge in [-0.2, -0.15) is 0 Å². The Balaban J connectivity index is 2.47. The maximum atomic E-state index is 12.5. The number of para-hydroxylation sites is 1. The lowest BCUT2D eigenvalue weighted by molar-refractivity contribution is -0.108. The smallest absolute Gasteiger partial charge is 0.121 e. The largest absolute Gasteiger partial charge is 0.360 e. The fourth-order valence-electron chi connectivity index (χ4n) is 1.77. The summed E-state index contributed by atoms with van der Waals surface area (Å²) in [5.74, 6) is 0. The van der Waals surface area contributed by atoms with E-state index in [0.717, 1.165) is 22.1 Å². The number of hydrogen-bond acceptors (Lipinski definition) is 2. The van der Waals surface area contributed by atoms with Crippen LogP contribution in [0.1, 0.15) is 20.3 Å². The Labute approximate surface area is 103 Å². The topological polar surface area (TPSA) is 49.9 Å². The van der Waals surface area contributed by atoms with Crippen molar-refractivity contribution in [2.75, 3.05) is 0 Å². The zero-order valence-corrected chi connectivity index (χ0v) is 10.7. The molecule has 1 unspecified atom stereocenters. The third kappa shape index (κ3) is 2.17. The average Bonchev–Trinajstić information content (AvgIpc) is 2.71. The quantitative estimate of drug-likeness (QED) is 0.847. The van der Waals surface area contributed by atoms with Crippen LogP contribution in [-0.2, 0) is 15.6 Å². The van der Waals surface area contributed by atoms with Crippen LogP contribution in [0.15, 0.2) is 35.4 Å². The van der Waals surface area contributed by atoms with Gasteiger partial charge in [0.1, 0.15) is 6.29 Å². The number of aromatic amines is 1. The van der Waals surface area contributed by atoms with E-state index in [1.807, 2.05) is 38.1 Å². The summed E-state index contributed by atoms with van der Waals surface area (Å²) in [4.78, 5) is 14.5. The number of aldehydes is 1. The van der Waals surface area contributed by atoms with Gasteiger partial charge >= 0.3 is 0 Å². The number of hydrogen-bond donors (Lipinski definition) is 1. The lowest BCUT2D eigenvalue weighted by atomic mass is 10.1. The minimum absolute atomic E-state index is 0.291. The third-order valence-electron chi connectivity index (χ3n) is 2.83. The highest BCUT2D eigenvalue weighted by Crippen LogP contribution is 2.29. The molecule has 1 aromatic carbocycles. The number of H-pyrrole nitrogens is 1. The molecule has 1 atom stereocenters. The van der Waals surface area contributed by atoms with Crippen LogP contribution in [0.5, 0.6) is 0 Å². The van der Waals surface area contributed by atoms with Gasteiger partial charge in [-0.25, -0.2) is 0 Å². The summed E-state index contributed by atoms with van der Waals surface area (Å²) >= 11 is 0. The molecule has 0 saturated heterocycles. The van der Waals surface area contributed by atoms with Crippen LogP contribution in [0.3, 0.4) is 0 Å². The van der Waals surface area contributed by atoms with Crippen molar-refractivity contribution < 1.29 is 9.00 Å². The Bertz CT molecular complexity index is 572. The van der Waals surface area contributed by atoms with Gasteiger partial charge in [-0.1, -0.05) is 18.2 Å². The number of nitrogens with one attached hydrogen (secondary N) is 1. The third-order valence-corrected chi connectivity index (χ3v) is 4.74. The summed E-state index contributed by atoms with van der Waals surface area (Å²) in [6, 6.07) is 7.74. The highest BCUT2D eigenvalue weighted by Gasteiger charge is 2.28. The normalized spacial score (nSPS) is 13.8. The molecule has 0 spiro atoms. The molecule has 0 fully saturated rings. The van der Waals surface area contributed by atoms with E-state index < -0.39 is 15.5 Å². The average molecular weight is 249 g/mol. The molecule has 0 bridgehead atoms. The molecular weight excluding hydrogens is 234 g/mol. The zero-order chi connectivity index (χ0) is 12.5. The summed E-state index contributed by atoms with van der Waals surface area (Å²) < 4.78 is 11.9. The number of carbonyl (C=O) groups excluding carboxylic acids is 1. The first-order valence-electron chi connectivity index (χ1n) is 5.48. The van der Waals surface area contributed by atoms with E-state index in [9.17, 15) is 9.00 Å². The van der Waals surface area contributed by atoms with Gasteiger partial charge in [0.15, 0.2) is 0 Å². The number of fused-ring (bicyclic) bond motifs is 1. The van der Waals surface area contributed by atoms with Crippen LogP contribution >= 0.6 is 0 Å². The van der Waals surface area contributed by atoms with Gasteiger partial charge in [-0.3, -0.25) is 4.21 Å². The number of benzene rings is 1. The van der Waals surface area contributed by atoms with Crippen LogP contribution < -0.4 is 0 Å². The molecule has 3 nitrogen and oxygen atoms in total. The summed E-state index contributed by atoms with van der Waals surface area (Å²) in [6.07, 6.45) is 2.89. The first-order valence-corrected chi connectivity index (χ1v) is 6.63. The molecule has 1 heterocycles. The van der Waals surface area contributed by atoms with E-state index in [4.69, 9.17) is 0 Å². The number of aromatic nitrogens is 1. The van der Waals surface area contributed by atoms with E-state index in [-0.39, 0.29) is 0 Å². The molecule has 0 saturated carbocycles. The predicted octanol–water partition coefficient (Wildman–Crippen LogP) is 2.64. The van der Waals surface area contributed by atoms with Gasteiger partial charge in [0.2, 0.25) is 0 Å². The standard InChI is InChI=1S/C13H15NO2S/c1-13(2,7-8-15)17(16)12-9-14-11-6-4-3-5-10(11)12/h3-6,8-9,14H,7H2,1-2H3. The predicted molar refractivity (Wildman–Crippen MR) is 69.5 cm³/mol. The second-order valence-electron chi connectivity index (χ2n) is 4.60. The zero-order valence-electron chi connectivity index (χ0n) is 9.90. The van der Waals surface area contributed by atoms with E-state index in [1.165, 1.54) is 0 Å². The van der Waals surface area contributed by atoms with Crippen LogP contribution in [-0.4, -0.2) is 20.2 Å². The van der Waals surface area contributed by atoms with Gasteiger partial charge in [0.05, 0.1) is 20.4 Å². The molecule has 0 amide bonds. The molecule has 17 heavy (non-hydrogen) atoms. The minimum atomic E-state index is -1.20. The maximum absolute atomic E-state index is 12.5. The van der Waals surface area contributed by atoms with Crippen molar-refractivity contribution in [1.29, 1.82) is 0 Å². The molecular formula is C13H15NO2S. The van der Waals surface area contributed by atoms with Gasteiger partial charge in [-0.15, -0.1) is 0 Å². The molecule has 1 N–H and O–H groups in total. The molecule has 1 aromatic heterocycles. The summed E-state index contributed by atoms with van der Waals surface area (Å²) in [6.45, 7) is 3.69. The molecule has 90 valence electrons. The van der Waals surface area contributed by atoms with Crippen molar-refractivity contribution >= 4 is 28.0 Å². The van der Waals surface area contributed by atoms with Crippen LogP contribution in [0.4, 0.5) is 0 Å². The van der Waals surface area contributed by atoms with Crippen LogP contribution in [0.25, 0.3) is 10.9 Å². The maximum Gasteiger partial charge on any atom is 0.121 e. The van der Waals surface area contributed by atoms with Crippen molar-refractivity contribution in [1.82, 2.24) is 4.98 Å². The number of rotatable bonds is 4. The van der Waals surface area contributed by atoms with Crippen molar-refractivity contribution in [2.45, 2.75) is 29.9 Å². The highest BCUT2D eigenvalue weighted by molar-refractivity contribution is 7.86. The Morgan fingerprint density at radius 3 is 2.76 bits per heavy atom. The van der Waals surface area contributed by atoms with Crippen molar-refractivity contribution in [3.8, 4) is 0 Å². The summed E-state index contributed by atoms with van der Waals surface area (Å²) in [7, 11) is -1.20. The lowest BCUT2D eigenvalue weighted by Gasteiger charge is -2.20. The molecule has 0 aliphatic rings. The minimum Gasteiger partial charge on any atom is -0.360 e. The van der Waals surface area contributed by atoms with E-state index in [1.54, 1.807) is 6.20 Å². The van der Waals surface area contributed by atoms with Gasteiger partial charge in [0, 0.05) is 23.5 Å². The lowest BCUT2D eigenvalue weighted by Crippen LogP contribution is -2.26. The monoisotopic (exact) mass is 249 g/mol. The Kier molecular flexibility index (Phi) is 3.15. The van der Waals surface area contributed by atoms with Crippen molar-refractivity contribution in [3.63, 3.8) is 0 Å². The SMILES string of the molecule is CC(C)(CC=O)S(=O)c1c[nH]c2ccccc12. The molecule has 2 aromatic rings. The molecule has 2 rings (SSSR count). The fourth-order valence-corrected chi connectivity index (χ4v) is 3.13. The van der Waals surface area contributed by atoms with Gasteiger partial charge in [0.25, 0.3) is 0 Å². The van der Waals surface area contributed by atoms with Gasteiger partial charge in [-0.05, 0) is 19.9 Å². The number of carbonyl (C=O) groups is 1. The highest BCUT2D eigenvalue weighted by atomic mass is 32.2. The summed E-state index contributed by atoms with van der Waals surface area (Å²) in [5, 5.41) is 0.963. The van der Waals surface area contributed by atoms with Gasteiger partial charge < -0.3 is 9.78 Å². The molecule has 4 heteroatoms. The first kappa shape index (κ1) is 12.0. The van der Waals surface area contributed by atoms with Crippen LogP contribution in [0, 0.1) is 0 Å².